The third-order valence-electron chi connectivity index (χ3n) is 5.07. The molecule has 3 aromatic rings. The zero-order chi connectivity index (χ0) is 17.7. The fourth-order valence-electron chi connectivity index (χ4n) is 2.85. The van der Waals surface area contributed by atoms with Crippen LogP contribution >= 0.6 is 0 Å². The van der Waals surface area contributed by atoms with Crippen LogP contribution in [0.3, 0.4) is 0 Å². The summed E-state index contributed by atoms with van der Waals surface area (Å²) >= 11 is 0. The van der Waals surface area contributed by atoms with Gasteiger partial charge in [0.25, 0.3) is 0 Å². The van der Waals surface area contributed by atoms with Crippen molar-refractivity contribution in [2.75, 3.05) is 0 Å². The van der Waals surface area contributed by atoms with Crippen molar-refractivity contribution in [2.45, 2.75) is 45.4 Å². The Labute approximate surface area is 147 Å². The fourth-order valence-corrected chi connectivity index (χ4v) is 2.85. The van der Waals surface area contributed by atoms with Crippen LogP contribution in [0.5, 0.6) is 0 Å². The first-order valence-corrected chi connectivity index (χ1v) is 8.44. The zero-order valence-electron chi connectivity index (χ0n) is 14.9. The van der Waals surface area contributed by atoms with Crippen LogP contribution in [0.1, 0.15) is 33.3 Å². The molecule has 3 heterocycles. The van der Waals surface area contributed by atoms with Crippen LogP contribution in [0.4, 0.5) is 0 Å². The molecule has 25 heavy (non-hydrogen) atoms. The Hall–Kier alpha value is -2.25. The maximum absolute atomic E-state index is 6.08. The van der Waals surface area contributed by atoms with E-state index in [1.807, 2.05) is 52.0 Å². The van der Waals surface area contributed by atoms with Crippen LogP contribution in [-0.4, -0.2) is 38.3 Å². The lowest BCUT2D eigenvalue weighted by Gasteiger charge is -2.32. The second-order valence-corrected chi connectivity index (χ2v) is 7.43. The van der Waals surface area contributed by atoms with E-state index in [2.05, 4.69) is 27.4 Å². The summed E-state index contributed by atoms with van der Waals surface area (Å²) in [5, 5.41) is 8.50. The molecule has 1 saturated heterocycles. The van der Waals surface area contributed by atoms with Crippen LogP contribution in [0.2, 0.25) is 0 Å². The minimum Gasteiger partial charge on any atom is -0.399 e. The SMILES string of the molecule is CC1(C)OB(c2cnc3c(c2)nnn3Cc2ccccc2)OC1(C)C. The highest BCUT2D eigenvalue weighted by Crippen LogP contribution is 2.36. The smallest absolute Gasteiger partial charge is 0.399 e. The molecule has 1 fully saturated rings. The molecule has 6 nitrogen and oxygen atoms in total. The lowest BCUT2D eigenvalue weighted by atomic mass is 9.80. The number of hydrogen-bond donors (Lipinski definition) is 0. The highest BCUT2D eigenvalue weighted by atomic mass is 16.7. The van der Waals surface area contributed by atoms with Gasteiger partial charge in [0.15, 0.2) is 5.65 Å². The van der Waals surface area contributed by atoms with Gasteiger partial charge in [-0.1, -0.05) is 35.5 Å². The molecule has 0 unspecified atom stereocenters. The van der Waals surface area contributed by atoms with Crippen LogP contribution < -0.4 is 5.46 Å². The van der Waals surface area contributed by atoms with E-state index >= 15 is 0 Å². The van der Waals surface area contributed by atoms with E-state index in [4.69, 9.17) is 9.31 Å². The molecule has 128 valence electrons. The molecule has 0 aliphatic carbocycles. The van der Waals surface area contributed by atoms with Gasteiger partial charge in [0, 0.05) is 11.7 Å². The first kappa shape index (κ1) is 16.2. The summed E-state index contributed by atoms with van der Waals surface area (Å²) in [6.45, 7) is 8.79. The van der Waals surface area contributed by atoms with Crippen molar-refractivity contribution in [3.8, 4) is 0 Å². The normalized spacial score (nSPS) is 18.8. The van der Waals surface area contributed by atoms with Gasteiger partial charge >= 0.3 is 7.12 Å². The summed E-state index contributed by atoms with van der Waals surface area (Å²) in [5.41, 5.74) is 2.76. The molecule has 0 atom stereocenters. The molecule has 1 aliphatic heterocycles. The van der Waals surface area contributed by atoms with Crippen LogP contribution in [0.25, 0.3) is 11.2 Å². The van der Waals surface area contributed by atoms with Crippen molar-refractivity contribution in [1.82, 2.24) is 20.0 Å². The second-order valence-electron chi connectivity index (χ2n) is 7.43. The average Bonchev–Trinajstić information content (AvgIpc) is 3.06. The van der Waals surface area contributed by atoms with E-state index in [9.17, 15) is 0 Å². The zero-order valence-corrected chi connectivity index (χ0v) is 14.9. The molecule has 7 heteroatoms. The number of benzene rings is 1. The number of rotatable bonds is 3. The lowest BCUT2D eigenvalue weighted by Crippen LogP contribution is -2.41. The van der Waals surface area contributed by atoms with E-state index in [1.165, 1.54) is 0 Å². The molecular weight excluding hydrogens is 315 g/mol. The van der Waals surface area contributed by atoms with E-state index in [1.54, 1.807) is 10.9 Å². The van der Waals surface area contributed by atoms with Crippen LogP contribution in [0, 0.1) is 0 Å². The van der Waals surface area contributed by atoms with Gasteiger partial charge in [0.2, 0.25) is 0 Å². The summed E-state index contributed by atoms with van der Waals surface area (Å²) < 4.78 is 14.0. The van der Waals surface area contributed by atoms with Crippen molar-refractivity contribution in [2.24, 2.45) is 0 Å². The minimum absolute atomic E-state index is 0.377. The van der Waals surface area contributed by atoms with Crippen molar-refractivity contribution in [3.05, 3.63) is 48.2 Å². The molecule has 0 spiro atoms. The first-order valence-electron chi connectivity index (χ1n) is 8.44. The molecule has 4 rings (SSSR count). The third-order valence-corrected chi connectivity index (χ3v) is 5.07. The Kier molecular flexibility index (Phi) is 3.66. The van der Waals surface area contributed by atoms with Gasteiger partial charge in [-0.05, 0) is 39.3 Å². The Morgan fingerprint density at radius 1 is 1.04 bits per heavy atom. The van der Waals surface area contributed by atoms with Gasteiger partial charge < -0.3 is 9.31 Å². The lowest BCUT2D eigenvalue weighted by molar-refractivity contribution is 0.00578. The summed E-state index contributed by atoms with van der Waals surface area (Å²) in [7, 11) is -0.443. The van der Waals surface area contributed by atoms with Crippen molar-refractivity contribution in [1.29, 1.82) is 0 Å². The number of aromatic nitrogens is 4. The molecule has 0 saturated carbocycles. The molecule has 0 N–H and O–H groups in total. The molecular formula is C18H21BN4O2. The first-order chi connectivity index (χ1) is 11.9. The van der Waals surface area contributed by atoms with E-state index in [0.717, 1.165) is 22.2 Å². The Bertz CT molecular complexity index is 892. The predicted molar refractivity (Wildman–Crippen MR) is 96.6 cm³/mol. The maximum Gasteiger partial charge on any atom is 0.496 e. The quantitative estimate of drug-likeness (QED) is 0.686. The van der Waals surface area contributed by atoms with Crippen molar-refractivity contribution >= 4 is 23.7 Å². The maximum atomic E-state index is 6.08. The van der Waals surface area contributed by atoms with E-state index < -0.39 is 7.12 Å². The topological polar surface area (TPSA) is 62.1 Å². The standard InChI is InChI=1S/C18H21BN4O2/c1-17(2)18(3,4)25-19(24-17)14-10-15-16(20-11-14)23(22-21-15)12-13-8-6-5-7-9-13/h5-11H,12H2,1-4H3. The highest BCUT2D eigenvalue weighted by molar-refractivity contribution is 6.62. The van der Waals surface area contributed by atoms with Gasteiger partial charge in [-0.2, -0.15) is 0 Å². The van der Waals surface area contributed by atoms with Gasteiger partial charge in [0.05, 0.1) is 17.7 Å². The van der Waals surface area contributed by atoms with Gasteiger partial charge in [-0.15, -0.1) is 5.10 Å². The minimum atomic E-state index is -0.443. The van der Waals surface area contributed by atoms with E-state index in [-0.39, 0.29) is 11.2 Å². The van der Waals surface area contributed by atoms with Gasteiger partial charge in [-0.25, -0.2) is 9.67 Å². The fraction of sp³-hybridized carbons (Fsp3) is 0.389. The largest absolute Gasteiger partial charge is 0.496 e. The van der Waals surface area contributed by atoms with Crippen molar-refractivity contribution in [3.63, 3.8) is 0 Å². The number of hydrogen-bond acceptors (Lipinski definition) is 5. The monoisotopic (exact) mass is 336 g/mol. The second kappa shape index (κ2) is 5.64. The van der Waals surface area contributed by atoms with Crippen molar-refractivity contribution < 1.29 is 9.31 Å². The molecule has 0 bridgehead atoms. The Morgan fingerprint density at radius 2 is 1.72 bits per heavy atom. The Morgan fingerprint density at radius 3 is 2.40 bits per heavy atom. The van der Waals surface area contributed by atoms with Crippen LogP contribution in [-0.2, 0) is 15.9 Å². The number of nitrogens with zero attached hydrogens (tertiary/aromatic N) is 4. The van der Waals surface area contributed by atoms with Crippen LogP contribution in [0.15, 0.2) is 42.6 Å². The number of pyridine rings is 1. The van der Waals surface area contributed by atoms with Gasteiger partial charge in [0.1, 0.15) is 5.52 Å². The highest BCUT2D eigenvalue weighted by Gasteiger charge is 2.51. The molecule has 1 aliphatic rings. The summed E-state index contributed by atoms with van der Waals surface area (Å²) in [6.07, 6.45) is 1.79. The molecule has 0 amide bonds. The van der Waals surface area contributed by atoms with E-state index in [0.29, 0.717) is 6.54 Å². The van der Waals surface area contributed by atoms with Gasteiger partial charge in [-0.3, -0.25) is 0 Å². The predicted octanol–water partition coefficient (Wildman–Crippen LogP) is 2.17. The molecule has 0 radical (unpaired) electrons. The Balaban J connectivity index is 1.62. The number of fused-ring (bicyclic) bond motifs is 1. The average molecular weight is 336 g/mol. The summed E-state index contributed by atoms with van der Waals surface area (Å²) in [5.74, 6) is 0. The summed E-state index contributed by atoms with van der Waals surface area (Å²) in [6, 6.07) is 12.1. The molecule has 2 aromatic heterocycles. The molecule has 1 aromatic carbocycles. The summed E-state index contributed by atoms with van der Waals surface area (Å²) in [4.78, 5) is 4.56. The third kappa shape index (κ3) is 2.83.